The van der Waals surface area contributed by atoms with E-state index in [9.17, 15) is 9.59 Å². The number of methoxy groups -OCH3 is 1. The Balaban J connectivity index is 1.97. The van der Waals surface area contributed by atoms with Gasteiger partial charge < -0.3 is 15.9 Å². The molecule has 1 heterocycles. The van der Waals surface area contributed by atoms with Crippen LogP contribution in [-0.4, -0.2) is 46.2 Å². The highest BCUT2D eigenvalue weighted by Gasteiger charge is 2.14. The lowest BCUT2D eigenvalue weighted by molar-refractivity contribution is -0.140. The number of hydrogen-bond acceptors (Lipinski definition) is 7. The quantitative estimate of drug-likeness (QED) is 0.445. The smallest absolute Gasteiger partial charge is 0.325 e. The number of ether oxygens (including phenoxy) is 1. The number of nitrogens with zero attached hydrogens (tertiary/aromatic N) is 3. The van der Waals surface area contributed by atoms with Gasteiger partial charge in [-0.15, -0.1) is 10.2 Å². The highest BCUT2D eigenvalue weighted by atomic mass is 35.5. The molecule has 3 N–H and O–H groups in total. The van der Waals surface area contributed by atoms with E-state index in [0.29, 0.717) is 16.0 Å². The number of carbonyl (C=O) groups excluding carboxylic acids is 2. The van der Waals surface area contributed by atoms with Crippen molar-refractivity contribution in [3.8, 4) is 11.4 Å². The van der Waals surface area contributed by atoms with Crippen molar-refractivity contribution in [1.29, 1.82) is 0 Å². The SMILES string of the molecule is COC(=O)CNC(=O)CSc1nnc(-c2cccc(Cl)c2)n1N. The van der Waals surface area contributed by atoms with Gasteiger partial charge in [0.05, 0.1) is 12.9 Å². The van der Waals surface area contributed by atoms with Gasteiger partial charge in [-0.1, -0.05) is 35.5 Å². The number of hydrogen-bond donors (Lipinski definition) is 2. The molecular weight excluding hydrogens is 342 g/mol. The number of amides is 1. The van der Waals surface area contributed by atoms with Crippen molar-refractivity contribution in [2.45, 2.75) is 5.16 Å². The van der Waals surface area contributed by atoms with E-state index in [1.165, 1.54) is 11.8 Å². The molecule has 1 amide bonds. The molecule has 23 heavy (non-hydrogen) atoms. The Hall–Kier alpha value is -2.26. The zero-order valence-corrected chi connectivity index (χ0v) is 13.7. The van der Waals surface area contributed by atoms with Crippen molar-refractivity contribution in [3.05, 3.63) is 29.3 Å². The Morgan fingerprint density at radius 1 is 1.43 bits per heavy atom. The van der Waals surface area contributed by atoms with E-state index in [-0.39, 0.29) is 18.2 Å². The lowest BCUT2D eigenvalue weighted by atomic mass is 10.2. The van der Waals surface area contributed by atoms with Gasteiger partial charge in [-0.25, -0.2) is 4.68 Å². The Morgan fingerprint density at radius 3 is 2.91 bits per heavy atom. The van der Waals surface area contributed by atoms with Crippen molar-refractivity contribution in [2.75, 3.05) is 25.3 Å². The Labute approximate surface area is 141 Å². The number of benzene rings is 1. The van der Waals surface area contributed by atoms with Gasteiger partial charge in [-0.05, 0) is 12.1 Å². The predicted octanol–water partition coefficient (Wildman–Crippen LogP) is 0.694. The second-order valence-corrected chi connectivity index (χ2v) is 5.71. The molecule has 0 bridgehead atoms. The molecule has 0 aliphatic rings. The zero-order valence-electron chi connectivity index (χ0n) is 12.2. The third-order valence-electron chi connectivity index (χ3n) is 2.74. The zero-order chi connectivity index (χ0) is 16.8. The van der Waals surface area contributed by atoms with Crippen molar-refractivity contribution < 1.29 is 14.3 Å². The number of thioether (sulfide) groups is 1. The molecule has 0 spiro atoms. The molecular formula is C13H14ClN5O3S. The van der Waals surface area contributed by atoms with Crippen molar-refractivity contribution in [1.82, 2.24) is 20.2 Å². The van der Waals surface area contributed by atoms with Gasteiger partial charge in [0.25, 0.3) is 0 Å². The minimum atomic E-state index is -0.520. The topological polar surface area (TPSA) is 112 Å². The minimum Gasteiger partial charge on any atom is -0.468 e. The van der Waals surface area contributed by atoms with Crippen LogP contribution in [0.3, 0.4) is 0 Å². The first-order chi connectivity index (χ1) is 11.0. The van der Waals surface area contributed by atoms with E-state index in [0.717, 1.165) is 17.3 Å². The maximum absolute atomic E-state index is 11.6. The fourth-order valence-corrected chi connectivity index (χ4v) is 2.50. The third-order valence-corrected chi connectivity index (χ3v) is 3.92. The lowest BCUT2D eigenvalue weighted by Gasteiger charge is -2.05. The highest BCUT2D eigenvalue weighted by Crippen LogP contribution is 2.23. The maximum atomic E-state index is 11.6. The summed E-state index contributed by atoms with van der Waals surface area (Å²) in [6.45, 7) is -0.182. The second kappa shape index (κ2) is 7.84. The number of carbonyl (C=O) groups is 2. The molecule has 0 atom stereocenters. The largest absolute Gasteiger partial charge is 0.468 e. The van der Waals surface area contributed by atoms with Gasteiger partial charge >= 0.3 is 5.97 Å². The molecule has 0 fully saturated rings. The van der Waals surface area contributed by atoms with E-state index >= 15 is 0 Å². The standard InChI is InChI=1S/C13H14ClN5O3S/c1-22-11(21)6-16-10(20)7-23-13-18-17-12(19(13)15)8-3-2-4-9(14)5-8/h2-5H,6-7,15H2,1H3,(H,16,20). The van der Waals surface area contributed by atoms with Gasteiger partial charge in [-0.3, -0.25) is 9.59 Å². The Kier molecular flexibility index (Phi) is 5.83. The van der Waals surface area contributed by atoms with Crippen LogP contribution in [0.15, 0.2) is 29.4 Å². The molecule has 122 valence electrons. The average molecular weight is 356 g/mol. The summed E-state index contributed by atoms with van der Waals surface area (Å²) in [6, 6.07) is 7.03. The summed E-state index contributed by atoms with van der Waals surface area (Å²) in [6.07, 6.45) is 0. The van der Waals surface area contributed by atoms with E-state index in [2.05, 4.69) is 20.3 Å². The van der Waals surface area contributed by atoms with Gasteiger partial charge in [0.2, 0.25) is 11.1 Å². The third kappa shape index (κ3) is 4.60. The molecule has 10 heteroatoms. The predicted molar refractivity (Wildman–Crippen MR) is 86.4 cm³/mol. The van der Waals surface area contributed by atoms with Crippen molar-refractivity contribution in [2.24, 2.45) is 0 Å². The molecule has 1 aromatic heterocycles. The van der Waals surface area contributed by atoms with Crippen LogP contribution in [0, 0.1) is 0 Å². The first kappa shape index (κ1) is 17.1. The first-order valence-electron chi connectivity index (χ1n) is 6.44. The summed E-state index contributed by atoms with van der Waals surface area (Å²) in [5.74, 6) is 5.56. The van der Waals surface area contributed by atoms with Crippen LogP contribution in [0.1, 0.15) is 0 Å². The van der Waals surface area contributed by atoms with Gasteiger partial charge in [0.15, 0.2) is 5.82 Å². The lowest BCUT2D eigenvalue weighted by Crippen LogP contribution is -2.31. The molecule has 0 aliphatic carbocycles. The number of aromatic nitrogens is 3. The van der Waals surface area contributed by atoms with Crippen LogP contribution in [0.2, 0.25) is 5.02 Å². The molecule has 0 saturated heterocycles. The van der Waals surface area contributed by atoms with E-state index in [1.54, 1.807) is 24.3 Å². The van der Waals surface area contributed by atoms with Crippen LogP contribution in [-0.2, 0) is 14.3 Å². The summed E-state index contributed by atoms with van der Waals surface area (Å²) in [7, 11) is 1.25. The van der Waals surface area contributed by atoms with E-state index < -0.39 is 5.97 Å². The Bertz CT molecular complexity index is 721. The summed E-state index contributed by atoms with van der Waals surface area (Å²) in [4.78, 5) is 22.5. The average Bonchev–Trinajstić information content (AvgIpc) is 2.91. The second-order valence-electron chi connectivity index (χ2n) is 4.33. The summed E-state index contributed by atoms with van der Waals surface area (Å²) >= 11 is 7.04. The molecule has 2 aromatic rings. The van der Waals surface area contributed by atoms with Crippen LogP contribution in [0.4, 0.5) is 0 Å². The van der Waals surface area contributed by atoms with Gasteiger partial charge in [-0.2, -0.15) is 0 Å². The molecule has 2 rings (SSSR count). The monoisotopic (exact) mass is 355 g/mol. The van der Waals surface area contributed by atoms with Crippen molar-refractivity contribution in [3.63, 3.8) is 0 Å². The van der Waals surface area contributed by atoms with Crippen LogP contribution in [0.25, 0.3) is 11.4 Å². The van der Waals surface area contributed by atoms with Crippen LogP contribution in [0.5, 0.6) is 0 Å². The number of esters is 1. The van der Waals surface area contributed by atoms with Gasteiger partial charge in [0.1, 0.15) is 6.54 Å². The highest BCUT2D eigenvalue weighted by molar-refractivity contribution is 7.99. The summed E-state index contributed by atoms with van der Waals surface area (Å²) in [5, 5.41) is 11.3. The first-order valence-corrected chi connectivity index (χ1v) is 7.80. The molecule has 0 unspecified atom stereocenters. The van der Waals surface area contributed by atoms with Gasteiger partial charge in [0, 0.05) is 10.6 Å². The summed E-state index contributed by atoms with van der Waals surface area (Å²) < 4.78 is 5.71. The van der Waals surface area contributed by atoms with E-state index in [1.807, 2.05) is 0 Å². The number of nitrogens with one attached hydrogen (secondary N) is 1. The van der Waals surface area contributed by atoms with E-state index in [4.69, 9.17) is 17.4 Å². The maximum Gasteiger partial charge on any atom is 0.325 e. The summed E-state index contributed by atoms with van der Waals surface area (Å²) in [5.41, 5.74) is 0.717. The number of nitrogens with two attached hydrogens (primary N) is 1. The Morgan fingerprint density at radius 2 is 2.22 bits per heavy atom. The molecule has 8 nitrogen and oxygen atoms in total. The van der Waals surface area contributed by atoms with Crippen LogP contribution < -0.4 is 11.2 Å². The fourth-order valence-electron chi connectivity index (χ4n) is 1.62. The normalized spacial score (nSPS) is 10.3. The van der Waals surface area contributed by atoms with Crippen molar-refractivity contribution >= 4 is 35.2 Å². The minimum absolute atomic E-state index is 0.0435. The fraction of sp³-hybridized carbons (Fsp3) is 0.231. The number of nitrogen functional groups attached to an aromatic ring is 1. The molecule has 0 radical (unpaired) electrons. The number of rotatable bonds is 6. The number of halogens is 1. The van der Waals surface area contributed by atoms with Crippen LogP contribution >= 0.6 is 23.4 Å². The molecule has 0 aliphatic heterocycles. The molecule has 0 saturated carbocycles. The molecule has 1 aromatic carbocycles.